The van der Waals surface area contributed by atoms with Crippen molar-refractivity contribution in [3.05, 3.63) is 65.2 Å². The second-order valence-electron chi connectivity index (χ2n) is 9.00. The highest BCUT2D eigenvalue weighted by Gasteiger charge is 2.21. The van der Waals surface area contributed by atoms with Gasteiger partial charge in [-0.3, -0.25) is 0 Å². The molecule has 1 aromatic heterocycles. The highest BCUT2D eigenvalue weighted by Crippen LogP contribution is 2.37. The third kappa shape index (κ3) is 7.57. The Labute approximate surface area is 177 Å². The third-order valence-electron chi connectivity index (χ3n) is 6.75. The first-order valence-electron chi connectivity index (χ1n) is 11.9. The molecule has 3 rings (SSSR count). The van der Waals surface area contributed by atoms with Crippen molar-refractivity contribution in [1.82, 2.24) is 4.98 Å². The van der Waals surface area contributed by atoms with Crippen molar-refractivity contribution in [3.8, 4) is 0 Å². The van der Waals surface area contributed by atoms with Gasteiger partial charge in [-0.15, -0.1) is 0 Å². The van der Waals surface area contributed by atoms with Gasteiger partial charge in [0.05, 0.1) is 0 Å². The zero-order chi connectivity index (χ0) is 20.3. The van der Waals surface area contributed by atoms with Crippen LogP contribution in [0.15, 0.2) is 42.6 Å². The Morgan fingerprint density at radius 2 is 1.45 bits per heavy atom. The highest BCUT2D eigenvalue weighted by molar-refractivity contribution is 5.26. The lowest BCUT2D eigenvalue weighted by Gasteiger charge is -2.29. The van der Waals surface area contributed by atoms with Crippen molar-refractivity contribution in [1.29, 1.82) is 0 Å². The molecule has 1 nitrogen and oxygen atoms in total. The van der Waals surface area contributed by atoms with Gasteiger partial charge < -0.3 is 0 Å². The van der Waals surface area contributed by atoms with E-state index in [1.54, 1.807) is 6.20 Å². The van der Waals surface area contributed by atoms with E-state index >= 15 is 0 Å². The number of hydrogen-bond acceptors (Lipinski definition) is 1. The summed E-state index contributed by atoms with van der Waals surface area (Å²) in [6.45, 7) is 2.29. The summed E-state index contributed by atoms with van der Waals surface area (Å²) in [5.74, 6) is 1.33. The van der Waals surface area contributed by atoms with E-state index < -0.39 is 5.95 Å². The van der Waals surface area contributed by atoms with E-state index in [4.69, 9.17) is 0 Å². The van der Waals surface area contributed by atoms with Gasteiger partial charge in [-0.05, 0) is 73.1 Å². The molecule has 0 saturated heterocycles. The summed E-state index contributed by atoms with van der Waals surface area (Å²) in [7, 11) is 0. The van der Waals surface area contributed by atoms with E-state index in [0.29, 0.717) is 0 Å². The molecule has 1 aliphatic rings. The second kappa shape index (κ2) is 12.1. The third-order valence-corrected chi connectivity index (χ3v) is 6.75. The topological polar surface area (TPSA) is 12.9 Å². The second-order valence-corrected chi connectivity index (χ2v) is 9.00. The van der Waals surface area contributed by atoms with Crippen LogP contribution in [0.5, 0.6) is 0 Å². The number of halogens is 1. The molecule has 2 heteroatoms. The van der Waals surface area contributed by atoms with Gasteiger partial charge in [0.1, 0.15) is 0 Å². The molecular formula is C27H38FN. The molecule has 0 atom stereocenters. The summed E-state index contributed by atoms with van der Waals surface area (Å²) < 4.78 is 12.9. The maximum atomic E-state index is 12.9. The van der Waals surface area contributed by atoms with Gasteiger partial charge >= 0.3 is 0 Å². The average molecular weight is 396 g/mol. The largest absolute Gasteiger partial charge is 0.228 e. The molecule has 2 aromatic rings. The van der Waals surface area contributed by atoms with E-state index in [-0.39, 0.29) is 0 Å². The summed E-state index contributed by atoms with van der Waals surface area (Å²) in [5, 5.41) is 0. The Bertz CT molecular complexity index is 683. The van der Waals surface area contributed by atoms with Crippen LogP contribution in [0, 0.1) is 11.9 Å². The average Bonchev–Trinajstić information content (AvgIpc) is 2.77. The maximum Gasteiger partial charge on any atom is 0.212 e. The highest BCUT2D eigenvalue weighted by atomic mass is 19.1. The fourth-order valence-corrected chi connectivity index (χ4v) is 4.80. The molecule has 1 heterocycles. The minimum Gasteiger partial charge on any atom is -0.228 e. The summed E-state index contributed by atoms with van der Waals surface area (Å²) in [6, 6.07) is 12.5. The first-order chi connectivity index (χ1) is 14.2. The van der Waals surface area contributed by atoms with Gasteiger partial charge in [-0.25, -0.2) is 4.98 Å². The zero-order valence-corrected chi connectivity index (χ0v) is 18.2. The Kier molecular flexibility index (Phi) is 9.18. The van der Waals surface area contributed by atoms with Gasteiger partial charge in [-0.1, -0.05) is 82.2 Å². The summed E-state index contributed by atoms with van der Waals surface area (Å²) in [4.78, 5) is 3.74. The molecule has 1 fully saturated rings. The Hall–Kier alpha value is -1.70. The Balaban J connectivity index is 1.36. The van der Waals surface area contributed by atoms with Crippen molar-refractivity contribution < 1.29 is 4.39 Å². The fraction of sp³-hybridized carbons (Fsp3) is 0.593. The van der Waals surface area contributed by atoms with Gasteiger partial charge in [0.25, 0.3) is 0 Å². The first-order valence-corrected chi connectivity index (χ1v) is 11.9. The van der Waals surface area contributed by atoms with E-state index in [1.165, 1.54) is 87.8 Å². The quantitative estimate of drug-likeness (QED) is 0.277. The van der Waals surface area contributed by atoms with Crippen LogP contribution in [-0.2, 0) is 12.8 Å². The molecule has 1 aliphatic carbocycles. The van der Waals surface area contributed by atoms with Gasteiger partial charge in [-0.2, -0.15) is 4.39 Å². The lowest BCUT2D eigenvalue weighted by molar-refractivity contribution is 0.302. The number of unbranched alkanes of at least 4 members (excludes halogenated alkanes) is 5. The monoisotopic (exact) mass is 395 g/mol. The van der Waals surface area contributed by atoms with E-state index in [2.05, 4.69) is 36.2 Å². The van der Waals surface area contributed by atoms with Crippen molar-refractivity contribution in [2.75, 3.05) is 0 Å². The van der Waals surface area contributed by atoms with Crippen molar-refractivity contribution >= 4 is 0 Å². The van der Waals surface area contributed by atoms with Crippen LogP contribution in [0.3, 0.4) is 0 Å². The van der Waals surface area contributed by atoms with Crippen LogP contribution in [-0.4, -0.2) is 4.98 Å². The normalized spacial score (nSPS) is 19.4. The van der Waals surface area contributed by atoms with E-state index in [9.17, 15) is 4.39 Å². The number of pyridine rings is 1. The molecule has 0 amide bonds. The minimum absolute atomic E-state index is 0.403. The SMILES string of the molecule is CCCCCCCC[C@H]1CC[C@H](c2ccc(CCc3ccc(F)nc3)cc2)CC1. The van der Waals surface area contributed by atoms with Gasteiger partial charge in [0.15, 0.2) is 0 Å². The lowest BCUT2D eigenvalue weighted by Crippen LogP contribution is -2.13. The smallest absolute Gasteiger partial charge is 0.212 e. The fourth-order valence-electron chi connectivity index (χ4n) is 4.80. The summed E-state index contributed by atoms with van der Waals surface area (Å²) >= 11 is 0. The molecule has 0 N–H and O–H groups in total. The van der Waals surface area contributed by atoms with Crippen LogP contribution in [0.4, 0.5) is 4.39 Å². The molecule has 158 valence electrons. The molecule has 0 bridgehead atoms. The van der Waals surface area contributed by atoms with Crippen LogP contribution in [0.2, 0.25) is 0 Å². The van der Waals surface area contributed by atoms with Crippen LogP contribution in [0.25, 0.3) is 0 Å². The number of nitrogens with zero attached hydrogens (tertiary/aromatic N) is 1. The predicted molar refractivity (Wildman–Crippen MR) is 121 cm³/mol. The molecule has 0 radical (unpaired) electrons. The zero-order valence-electron chi connectivity index (χ0n) is 18.2. The van der Waals surface area contributed by atoms with Gasteiger partial charge in [0.2, 0.25) is 5.95 Å². The Morgan fingerprint density at radius 3 is 2.14 bits per heavy atom. The molecular weight excluding hydrogens is 357 g/mol. The predicted octanol–water partition coefficient (Wildman–Crippen LogP) is 8.03. The van der Waals surface area contributed by atoms with Crippen LogP contribution >= 0.6 is 0 Å². The first kappa shape index (κ1) is 22.0. The van der Waals surface area contributed by atoms with Crippen molar-refractivity contribution in [2.45, 2.75) is 96.3 Å². The van der Waals surface area contributed by atoms with E-state index in [1.807, 2.05) is 6.07 Å². The molecule has 1 aromatic carbocycles. The molecule has 0 unspecified atom stereocenters. The van der Waals surface area contributed by atoms with Crippen molar-refractivity contribution in [2.24, 2.45) is 5.92 Å². The van der Waals surface area contributed by atoms with Crippen LogP contribution in [0.1, 0.15) is 100 Å². The van der Waals surface area contributed by atoms with Gasteiger partial charge in [0, 0.05) is 6.20 Å². The lowest BCUT2D eigenvalue weighted by atomic mass is 9.77. The Morgan fingerprint density at radius 1 is 0.793 bits per heavy atom. The van der Waals surface area contributed by atoms with Crippen LogP contribution < -0.4 is 0 Å². The minimum atomic E-state index is -0.403. The number of hydrogen-bond donors (Lipinski definition) is 0. The van der Waals surface area contributed by atoms with E-state index in [0.717, 1.165) is 30.2 Å². The molecule has 1 saturated carbocycles. The standard InChI is InChI=1S/C27H38FN/c1-2-3-4-5-6-7-8-22-11-16-25(17-12-22)26-18-13-23(14-19-26)9-10-24-15-20-27(28)29-21-24/h13-15,18-22,25H,2-12,16-17H2,1H3/t22-,25-. The van der Waals surface area contributed by atoms with Crippen molar-refractivity contribution in [3.63, 3.8) is 0 Å². The molecule has 0 spiro atoms. The number of rotatable bonds is 11. The summed E-state index contributed by atoms with van der Waals surface area (Å²) in [5.41, 5.74) is 3.98. The number of benzene rings is 1. The maximum absolute atomic E-state index is 12.9. The molecule has 29 heavy (non-hydrogen) atoms. The summed E-state index contributed by atoms with van der Waals surface area (Å²) in [6.07, 6.45) is 19.1. The molecule has 0 aliphatic heterocycles. The number of aryl methyl sites for hydroxylation is 2. The number of aromatic nitrogens is 1.